The number of nitriles is 1. The van der Waals surface area contributed by atoms with Crippen molar-refractivity contribution in [3.05, 3.63) is 41.0 Å². The third kappa shape index (κ3) is 2.11. The quantitative estimate of drug-likeness (QED) is 0.625. The second-order valence-electron chi connectivity index (χ2n) is 2.89. The van der Waals surface area contributed by atoms with Gasteiger partial charge in [-0.1, -0.05) is 29.8 Å². The number of hydrogen-bond acceptors (Lipinski definition) is 1. The fourth-order valence-electron chi connectivity index (χ4n) is 1.32. The van der Waals surface area contributed by atoms with E-state index in [1.54, 1.807) is 0 Å². The Balaban J connectivity index is 3.30. The van der Waals surface area contributed by atoms with Crippen LogP contribution < -0.4 is 0 Å². The maximum Gasteiger partial charge on any atom is 0.0927 e. The van der Waals surface area contributed by atoms with Crippen LogP contribution in [0.15, 0.2) is 24.3 Å². The number of hydrogen-bond donors (Lipinski definition) is 0. The van der Waals surface area contributed by atoms with Crippen LogP contribution in [0.3, 0.4) is 0 Å². The molecule has 0 heterocycles. The predicted octanol–water partition coefficient (Wildman–Crippen LogP) is 3.41. The molecule has 1 rings (SSSR count). The zero-order chi connectivity index (χ0) is 9.84. The Hall–Kier alpha value is -1.26. The number of benzene rings is 1. The first-order chi connectivity index (χ1) is 6.16. The van der Waals surface area contributed by atoms with Gasteiger partial charge in [0.2, 0.25) is 0 Å². The average molecular weight is 192 g/mol. The molecule has 0 N–H and O–H groups in total. The largest absolute Gasteiger partial charge is 0.193 e. The van der Waals surface area contributed by atoms with Crippen molar-refractivity contribution in [3.8, 4) is 6.07 Å². The molecular weight excluding hydrogens is 182 g/mol. The monoisotopic (exact) mass is 191 g/mol. The Morgan fingerprint density at radius 2 is 1.92 bits per heavy atom. The number of aryl methyl sites for hydroxylation is 2. The molecule has 13 heavy (non-hydrogen) atoms. The van der Waals surface area contributed by atoms with Gasteiger partial charge in [0.05, 0.1) is 11.1 Å². The van der Waals surface area contributed by atoms with E-state index in [4.69, 9.17) is 16.9 Å². The zero-order valence-electron chi connectivity index (χ0n) is 7.63. The molecule has 0 aliphatic heterocycles. The number of rotatable bonds is 1. The molecule has 2 heteroatoms. The maximum atomic E-state index is 8.47. The highest BCUT2D eigenvalue weighted by molar-refractivity contribution is 6.49. The van der Waals surface area contributed by atoms with Gasteiger partial charge in [-0.25, -0.2) is 0 Å². The van der Waals surface area contributed by atoms with Gasteiger partial charge in [0.15, 0.2) is 0 Å². The van der Waals surface area contributed by atoms with Crippen LogP contribution >= 0.6 is 11.6 Å². The normalized spacial score (nSPS) is 11.1. The molecule has 0 amide bonds. The molecule has 0 unspecified atom stereocenters. The van der Waals surface area contributed by atoms with E-state index in [1.807, 2.05) is 38.1 Å². The van der Waals surface area contributed by atoms with Crippen LogP contribution in [0.1, 0.15) is 16.7 Å². The summed E-state index contributed by atoms with van der Waals surface area (Å²) in [6, 6.07) is 7.87. The highest BCUT2D eigenvalue weighted by Crippen LogP contribution is 2.25. The minimum absolute atomic E-state index is 0.512. The van der Waals surface area contributed by atoms with Crippen LogP contribution in [0, 0.1) is 25.2 Å². The Bertz CT molecular complexity index is 365. The fraction of sp³-hybridized carbons (Fsp3) is 0.182. The van der Waals surface area contributed by atoms with Crippen LogP contribution in [0.4, 0.5) is 0 Å². The minimum Gasteiger partial charge on any atom is -0.193 e. The van der Waals surface area contributed by atoms with E-state index in [-0.39, 0.29) is 0 Å². The molecule has 0 aliphatic rings. The van der Waals surface area contributed by atoms with Gasteiger partial charge in [0, 0.05) is 6.08 Å². The van der Waals surface area contributed by atoms with Crippen LogP contribution in [0.25, 0.3) is 5.03 Å². The van der Waals surface area contributed by atoms with E-state index in [2.05, 4.69) is 0 Å². The van der Waals surface area contributed by atoms with E-state index in [9.17, 15) is 0 Å². The third-order valence-electron chi connectivity index (χ3n) is 1.91. The summed E-state index contributed by atoms with van der Waals surface area (Å²) in [5, 5.41) is 8.98. The lowest BCUT2D eigenvalue weighted by Gasteiger charge is -2.06. The van der Waals surface area contributed by atoms with E-state index in [1.165, 1.54) is 6.08 Å². The predicted molar refractivity (Wildman–Crippen MR) is 55.4 cm³/mol. The van der Waals surface area contributed by atoms with E-state index in [0.29, 0.717) is 5.03 Å². The Kier molecular flexibility index (Phi) is 3.11. The molecule has 1 nitrogen and oxygen atoms in total. The van der Waals surface area contributed by atoms with E-state index >= 15 is 0 Å². The smallest absolute Gasteiger partial charge is 0.0927 e. The molecule has 0 aromatic heterocycles. The zero-order valence-corrected chi connectivity index (χ0v) is 8.39. The van der Waals surface area contributed by atoms with E-state index in [0.717, 1.165) is 16.7 Å². The van der Waals surface area contributed by atoms with Crippen LogP contribution in [0.5, 0.6) is 0 Å². The Morgan fingerprint density at radius 3 is 2.38 bits per heavy atom. The lowest BCUT2D eigenvalue weighted by atomic mass is 10.0. The van der Waals surface area contributed by atoms with Gasteiger partial charge in [-0.05, 0) is 30.5 Å². The van der Waals surface area contributed by atoms with Crippen molar-refractivity contribution in [2.24, 2.45) is 0 Å². The molecule has 1 aromatic rings. The standard InChI is InChI=1S/C11H10ClN/c1-8-4-3-5-9(2)11(8)10(12)6-7-13/h3-6H,1-2H3/b10-6-. The molecule has 66 valence electrons. The SMILES string of the molecule is Cc1cccc(C)c1/C(Cl)=C/C#N. The van der Waals surface area contributed by atoms with Gasteiger partial charge < -0.3 is 0 Å². The van der Waals surface area contributed by atoms with Gasteiger partial charge in [-0.3, -0.25) is 0 Å². The number of allylic oxidation sites excluding steroid dienone is 1. The van der Waals surface area contributed by atoms with Gasteiger partial charge in [0.25, 0.3) is 0 Å². The van der Waals surface area contributed by atoms with Gasteiger partial charge in [-0.15, -0.1) is 0 Å². The molecule has 1 aromatic carbocycles. The van der Waals surface area contributed by atoms with Crippen molar-refractivity contribution >= 4 is 16.6 Å². The minimum atomic E-state index is 0.512. The molecule has 0 atom stereocenters. The average Bonchev–Trinajstić information content (AvgIpc) is 2.04. The van der Waals surface area contributed by atoms with Crippen molar-refractivity contribution < 1.29 is 0 Å². The Labute approximate surface area is 83.3 Å². The second-order valence-corrected chi connectivity index (χ2v) is 3.30. The summed E-state index contributed by atoms with van der Waals surface area (Å²) in [5.41, 5.74) is 3.15. The summed E-state index contributed by atoms with van der Waals surface area (Å²) < 4.78 is 0. The molecule has 0 bridgehead atoms. The summed E-state index contributed by atoms with van der Waals surface area (Å²) in [5.74, 6) is 0. The van der Waals surface area contributed by atoms with Gasteiger partial charge >= 0.3 is 0 Å². The first-order valence-electron chi connectivity index (χ1n) is 3.98. The number of halogens is 1. The molecule has 0 fully saturated rings. The van der Waals surface area contributed by atoms with E-state index < -0.39 is 0 Å². The fourth-order valence-corrected chi connectivity index (χ4v) is 1.67. The van der Waals surface area contributed by atoms with Crippen molar-refractivity contribution in [2.75, 3.05) is 0 Å². The Morgan fingerprint density at radius 1 is 1.38 bits per heavy atom. The molecular formula is C11H10ClN. The lowest BCUT2D eigenvalue weighted by molar-refractivity contribution is 1.35. The molecule has 0 saturated heterocycles. The molecule has 0 aliphatic carbocycles. The molecule has 0 spiro atoms. The summed E-state index contributed by atoms with van der Waals surface area (Å²) in [7, 11) is 0. The van der Waals surface area contributed by atoms with Crippen LogP contribution in [0.2, 0.25) is 0 Å². The van der Waals surface area contributed by atoms with Crippen molar-refractivity contribution in [2.45, 2.75) is 13.8 Å². The number of nitrogens with zero attached hydrogens (tertiary/aromatic N) is 1. The third-order valence-corrected chi connectivity index (χ3v) is 2.21. The van der Waals surface area contributed by atoms with Crippen molar-refractivity contribution in [3.63, 3.8) is 0 Å². The van der Waals surface area contributed by atoms with Gasteiger partial charge in [-0.2, -0.15) is 5.26 Å². The second kappa shape index (κ2) is 4.11. The van der Waals surface area contributed by atoms with Gasteiger partial charge in [0.1, 0.15) is 0 Å². The van der Waals surface area contributed by atoms with Crippen LogP contribution in [-0.2, 0) is 0 Å². The van der Waals surface area contributed by atoms with Crippen molar-refractivity contribution in [1.29, 1.82) is 5.26 Å². The summed E-state index contributed by atoms with van der Waals surface area (Å²) in [4.78, 5) is 0. The molecule has 0 radical (unpaired) electrons. The highest BCUT2D eigenvalue weighted by atomic mass is 35.5. The lowest BCUT2D eigenvalue weighted by Crippen LogP contribution is -1.88. The maximum absolute atomic E-state index is 8.47. The summed E-state index contributed by atoms with van der Waals surface area (Å²) in [6.45, 7) is 3.96. The molecule has 0 saturated carbocycles. The summed E-state index contributed by atoms with van der Waals surface area (Å²) >= 11 is 5.96. The van der Waals surface area contributed by atoms with Crippen molar-refractivity contribution in [1.82, 2.24) is 0 Å². The first-order valence-corrected chi connectivity index (χ1v) is 4.36. The highest BCUT2D eigenvalue weighted by Gasteiger charge is 2.04. The summed E-state index contributed by atoms with van der Waals surface area (Å²) in [6.07, 6.45) is 1.36. The van der Waals surface area contributed by atoms with Crippen LogP contribution in [-0.4, -0.2) is 0 Å². The first kappa shape index (κ1) is 9.83. The topological polar surface area (TPSA) is 23.8 Å².